The highest BCUT2D eigenvalue weighted by Gasteiger charge is 2.37. The zero-order valence-electron chi connectivity index (χ0n) is 17.1. The second-order valence-electron chi connectivity index (χ2n) is 6.80. The molecule has 2 N–H and O–H groups in total. The van der Waals surface area contributed by atoms with Crippen LogP contribution in [0.5, 0.6) is 0 Å². The fourth-order valence-electron chi connectivity index (χ4n) is 2.93. The van der Waals surface area contributed by atoms with Crippen LogP contribution < -0.4 is 10.6 Å². The third kappa shape index (κ3) is 5.88. The number of nitrogens with zero attached hydrogens (tertiary/aromatic N) is 4. The average molecular weight is 476 g/mol. The molecule has 2 heterocycles. The number of benzene rings is 1. The third-order valence-electron chi connectivity index (χ3n) is 4.49. The van der Waals surface area contributed by atoms with Crippen LogP contribution in [0.25, 0.3) is 11.0 Å². The molecule has 3 aromatic rings. The van der Waals surface area contributed by atoms with Gasteiger partial charge in [0.05, 0.1) is 35.9 Å². The lowest BCUT2D eigenvalue weighted by Crippen LogP contribution is -2.28. The van der Waals surface area contributed by atoms with Gasteiger partial charge in [-0.2, -0.15) is 31.4 Å². The molecule has 0 aliphatic rings. The minimum Gasteiger partial charge on any atom is -0.383 e. The summed E-state index contributed by atoms with van der Waals surface area (Å²) in [4.78, 5) is 20.5. The van der Waals surface area contributed by atoms with Crippen LogP contribution in [0.15, 0.2) is 30.7 Å². The van der Waals surface area contributed by atoms with Crippen LogP contribution >= 0.6 is 0 Å². The second kappa shape index (κ2) is 9.60. The van der Waals surface area contributed by atoms with Crippen LogP contribution in [0.3, 0.4) is 0 Å². The number of aromatic nitrogens is 4. The molecular formula is C19H18F6N6O2. The van der Waals surface area contributed by atoms with E-state index in [2.05, 4.69) is 25.7 Å². The van der Waals surface area contributed by atoms with Crippen molar-refractivity contribution in [2.75, 3.05) is 32.1 Å². The first kappa shape index (κ1) is 24.2. The highest BCUT2D eigenvalue weighted by molar-refractivity contribution is 5.94. The van der Waals surface area contributed by atoms with Crippen LogP contribution in [0.2, 0.25) is 0 Å². The van der Waals surface area contributed by atoms with Crippen molar-refractivity contribution >= 4 is 22.8 Å². The first-order valence-electron chi connectivity index (χ1n) is 9.47. The van der Waals surface area contributed by atoms with E-state index in [4.69, 9.17) is 4.74 Å². The Morgan fingerprint density at radius 3 is 2.30 bits per heavy atom. The molecule has 178 valence electrons. The van der Waals surface area contributed by atoms with E-state index in [-0.39, 0.29) is 19.2 Å². The van der Waals surface area contributed by atoms with Crippen molar-refractivity contribution in [1.29, 1.82) is 0 Å². The van der Waals surface area contributed by atoms with Crippen molar-refractivity contribution in [1.82, 2.24) is 25.1 Å². The van der Waals surface area contributed by atoms with Gasteiger partial charge in [-0.15, -0.1) is 0 Å². The number of alkyl halides is 6. The summed E-state index contributed by atoms with van der Waals surface area (Å²) < 4.78 is 84.3. The van der Waals surface area contributed by atoms with Crippen molar-refractivity contribution < 1.29 is 35.9 Å². The Labute approximate surface area is 183 Å². The van der Waals surface area contributed by atoms with Crippen molar-refractivity contribution in [2.24, 2.45) is 0 Å². The molecule has 14 heteroatoms. The molecule has 1 aromatic carbocycles. The number of carbonyl (C=O) groups excluding carboxylic acids is 1. The Morgan fingerprint density at radius 1 is 1.03 bits per heavy atom. The van der Waals surface area contributed by atoms with Crippen LogP contribution in [-0.4, -0.2) is 52.5 Å². The van der Waals surface area contributed by atoms with Gasteiger partial charge < -0.3 is 15.4 Å². The monoisotopic (exact) mass is 476 g/mol. The Kier molecular flexibility index (Phi) is 7.05. The number of halogens is 6. The van der Waals surface area contributed by atoms with Crippen LogP contribution in [-0.2, 0) is 23.6 Å². The molecule has 0 fully saturated rings. The van der Waals surface area contributed by atoms with E-state index in [0.29, 0.717) is 42.1 Å². The lowest BCUT2D eigenvalue weighted by atomic mass is 10.0. The van der Waals surface area contributed by atoms with E-state index in [0.717, 1.165) is 0 Å². The van der Waals surface area contributed by atoms with Gasteiger partial charge in [0.2, 0.25) is 0 Å². The fourth-order valence-corrected chi connectivity index (χ4v) is 2.93. The highest BCUT2D eigenvalue weighted by Crippen LogP contribution is 2.36. The molecule has 0 aliphatic carbocycles. The van der Waals surface area contributed by atoms with Gasteiger partial charge >= 0.3 is 12.4 Å². The van der Waals surface area contributed by atoms with E-state index in [9.17, 15) is 31.1 Å². The first-order chi connectivity index (χ1) is 15.5. The van der Waals surface area contributed by atoms with E-state index in [1.165, 1.54) is 17.2 Å². The van der Waals surface area contributed by atoms with Crippen molar-refractivity contribution in [3.8, 4) is 0 Å². The molecule has 3 rings (SSSR count). The lowest BCUT2D eigenvalue weighted by molar-refractivity contribution is -0.143. The summed E-state index contributed by atoms with van der Waals surface area (Å²) in [5, 5.41) is 10.1. The molecule has 0 aliphatic heterocycles. The smallest absolute Gasteiger partial charge is 0.383 e. The van der Waals surface area contributed by atoms with Gasteiger partial charge in [0.15, 0.2) is 5.65 Å². The lowest BCUT2D eigenvalue weighted by Gasteiger charge is -2.14. The number of hydrogen-bond donors (Lipinski definition) is 2. The average Bonchev–Trinajstić information content (AvgIpc) is 3.16. The van der Waals surface area contributed by atoms with Crippen LogP contribution in [0.4, 0.5) is 32.2 Å². The quantitative estimate of drug-likeness (QED) is 0.383. The van der Waals surface area contributed by atoms with Crippen LogP contribution in [0.1, 0.15) is 21.5 Å². The minimum atomic E-state index is -5.04. The van der Waals surface area contributed by atoms with Gasteiger partial charge in [-0.05, 0) is 18.2 Å². The molecule has 0 radical (unpaired) electrons. The van der Waals surface area contributed by atoms with Gasteiger partial charge in [0, 0.05) is 25.8 Å². The number of amides is 1. The third-order valence-corrected chi connectivity index (χ3v) is 4.49. The van der Waals surface area contributed by atoms with Gasteiger partial charge in [-0.3, -0.25) is 4.79 Å². The highest BCUT2D eigenvalue weighted by atomic mass is 19.4. The molecule has 2 aromatic heterocycles. The predicted molar refractivity (Wildman–Crippen MR) is 104 cm³/mol. The van der Waals surface area contributed by atoms with E-state index in [1.54, 1.807) is 7.11 Å². The number of anilines is 1. The molecule has 0 unspecified atom stereocenters. The molecular weight excluding hydrogens is 458 g/mol. The molecule has 1 amide bonds. The van der Waals surface area contributed by atoms with Crippen molar-refractivity contribution in [2.45, 2.75) is 18.9 Å². The van der Waals surface area contributed by atoms with E-state index < -0.39 is 35.0 Å². The predicted octanol–water partition coefficient (Wildman–Crippen LogP) is 3.35. The zero-order valence-corrected chi connectivity index (χ0v) is 17.1. The summed E-state index contributed by atoms with van der Waals surface area (Å²) in [7, 11) is 1.55. The van der Waals surface area contributed by atoms with Crippen molar-refractivity contribution in [3.05, 3.63) is 47.4 Å². The van der Waals surface area contributed by atoms with Gasteiger partial charge in [-0.1, -0.05) is 0 Å². The summed E-state index contributed by atoms with van der Waals surface area (Å²) >= 11 is 0. The minimum absolute atomic E-state index is 0.0371. The molecule has 0 saturated heterocycles. The topological polar surface area (TPSA) is 94.0 Å². The van der Waals surface area contributed by atoms with Crippen LogP contribution in [0, 0.1) is 0 Å². The van der Waals surface area contributed by atoms with Gasteiger partial charge in [-0.25, -0.2) is 14.6 Å². The number of hydrogen-bond acceptors (Lipinski definition) is 6. The second-order valence-corrected chi connectivity index (χ2v) is 6.80. The summed E-state index contributed by atoms with van der Waals surface area (Å²) in [5.41, 5.74) is -3.46. The molecule has 33 heavy (non-hydrogen) atoms. The van der Waals surface area contributed by atoms with Gasteiger partial charge in [0.1, 0.15) is 12.1 Å². The first-order valence-corrected chi connectivity index (χ1v) is 9.47. The largest absolute Gasteiger partial charge is 0.416 e. The summed E-state index contributed by atoms with van der Waals surface area (Å²) in [6, 6.07) is 0.711. The Bertz CT molecular complexity index is 1100. The number of rotatable bonds is 8. The number of ether oxygens (including phenoxy) is 1. The fraction of sp³-hybridized carbons (Fsp3) is 0.368. The Balaban J connectivity index is 1.72. The normalized spacial score (nSPS) is 12.2. The van der Waals surface area contributed by atoms with E-state index >= 15 is 0 Å². The van der Waals surface area contributed by atoms with Gasteiger partial charge in [0.25, 0.3) is 5.91 Å². The SMILES string of the molecule is COCCNc1ncnc2c1cnn2CCNC(=O)c1cc(C(F)(F)F)cc(C(F)(F)F)c1. The number of methoxy groups -OCH3 is 1. The number of fused-ring (bicyclic) bond motifs is 1. The summed E-state index contributed by atoms with van der Waals surface area (Å²) in [6.07, 6.45) is -7.29. The molecule has 0 saturated carbocycles. The van der Waals surface area contributed by atoms with E-state index in [1.807, 2.05) is 0 Å². The van der Waals surface area contributed by atoms with Crippen molar-refractivity contribution in [3.63, 3.8) is 0 Å². The standard InChI is InChI=1S/C19H18F6N6O2/c1-33-5-3-26-15-14-9-30-31(16(14)29-10-28-15)4-2-27-17(32)11-6-12(18(20,21)22)8-13(7-11)19(23,24)25/h6-10H,2-5H2,1H3,(H,27,32)(H,26,28,29). The Hall–Kier alpha value is -3.42. The maximum atomic E-state index is 13.0. The molecule has 8 nitrogen and oxygen atoms in total. The number of nitrogens with one attached hydrogen (secondary N) is 2. The maximum Gasteiger partial charge on any atom is 0.416 e. The molecule has 0 bridgehead atoms. The molecule has 0 spiro atoms. The zero-order chi connectivity index (χ0) is 24.2. The maximum absolute atomic E-state index is 13.0. The molecule has 0 atom stereocenters. The summed E-state index contributed by atoms with van der Waals surface area (Å²) in [6.45, 7) is 0.872. The number of carbonyl (C=O) groups is 1. The Morgan fingerprint density at radius 2 is 1.70 bits per heavy atom. The summed E-state index contributed by atoms with van der Waals surface area (Å²) in [5.74, 6) is -0.574.